The highest BCUT2D eigenvalue weighted by molar-refractivity contribution is 7.86. The summed E-state index contributed by atoms with van der Waals surface area (Å²) in [6.07, 6.45) is 0.622. The van der Waals surface area contributed by atoms with Crippen LogP contribution in [0.3, 0.4) is 0 Å². The van der Waals surface area contributed by atoms with E-state index >= 15 is 0 Å². The second-order valence-corrected chi connectivity index (χ2v) is 10.5. The molecule has 0 aliphatic carbocycles. The van der Waals surface area contributed by atoms with Crippen LogP contribution in [0.25, 0.3) is 10.8 Å². The van der Waals surface area contributed by atoms with Crippen molar-refractivity contribution >= 4 is 26.9 Å². The Morgan fingerprint density at radius 2 is 1.50 bits per heavy atom. The maximum Gasteiger partial charge on any atom is 0.311 e. The van der Waals surface area contributed by atoms with Crippen LogP contribution in [0.5, 0.6) is 11.5 Å². The molecular formula is C27H32O6S. The fourth-order valence-electron chi connectivity index (χ4n) is 4.48. The first-order valence-electron chi connectivity index (χ1n) is 11.5. The number of fused-ring (bicyclic) bond motifs is 1. The zero-order chi connectivity index (χ0) is 24.9. The van der Waals surface area contributed by atoms with Gasteiger partial charge in [-0.3, -0.25) is 9.35 Å². The molecule has 7 heteroatoms. The predicted octanol–water partition coefficient (Wildman–Crippen LogP) is 6.25. The monoisotopic (exact) mass is 484 g/mol. The first kappa shape index (κ1) is 25.7. The minimum absolute atomic E-state index is 0.168. The van der Waals surface area contributed by atoms with Crippen molar-refractivity contribution in [1.29, 1.82) is 0 Å². The molecule has 0 heterocycles. The van der Waals surface area contributed by atoms with Gasteiger partial charge >= 0.3 is 5.97 Å². The van der Waals surface area contributed by atoms with Gasteiger partial charge < -0.3 is 9.47 Å². The zero-order valence-corrected chi connectivity index (χ0v) is 20.8. The summed E-state index contributed by atoms with van der Waals surface area (Å²) in [6.45, 7) is 9.12. The summed E-state index contributed by atoms with van der Waals surface area (Å²) >= 11 is 0. The topological polar surface area (TPSA) is 89.9 Å². The third-order valence-corrected chi connectivity index (χ3v) is 6.75. The number of esters is 1. The number of ether oxygens (including phenoxy) is 2. The molecule has 3 rings (SSSR count). The van der Waals surface area contributed by atoms with Crippen LogP contribution in [0.15, 0.2) is 65.6 Å². The summed E-state index contributed by atoms with van der Waals surface area (Å²) < 4.78 is 43.9. The lowest BCUT2D eigenvalue weighted by molar-refractivity contribution is -0.134. The Morgan fingerprint density at radius 1 is 0.882 bits per heavy atom. The van der Waals surface area contributed by atoms with Gasteiger partial charge in [0, 0.05) is 17.2 Å². The van der Waals surface area contributed by atoms with E-state index in [9.17, 15) is 17.8 Å². The molecule has 0 aliphatic heterocycles. The van der Waals surface area contributed by atoms with Gasteiger partial charge in [0.1, 0.15) is 16.4 Å². The Hall–Kier alpha value is -2.90. The molecule has 0 unspecified atom stereocenters. The molecular weight excluding hydrogens is 452 g/mol. The number of hydrogen-bond acceptors (Lipinski definition) is 5. The molecule has 3 aromatic carbocycles. The van der Waals surface area contributed by atoms with Gasteiger partial charge in [-0.15, -0.1) is 0 Å². The van der Waals surface area contributed by atoms with Crippen LogP contribution in [-0.2, 0) is 14.9 Å². The molecule has 0 saturated carbocycles. The van der Waals surface area contributed by atoms with Crippen LogP contribution in [0, 0.1) is 11.8 Å². The number of carbonyl (C=O) groups is 1. The Kier molecular flexibility index (Phi) is 8.33. The van der Waals surface area contributed by atoms with Gasteiger partial charge in [-0.1, -0.05) is 64.1 Å². The summed E-state index contributed by atoms with van der Waals surface area (Å²) in [5.41, 5.74) is 1.24. The summed E-state index contributed by atoms with van der Waals surface area (Å²) in [6, 6.07) is 17.3. The number of hydrogen-bond donors (Lipinski definition) is 1. The molecule has 3 aromatic rings. The van der Waals surface area contributed by atoms with Crippen molar-refractivity contribution in [2.45, 2.75) is 51.3 Å². The first-order valence-corrected chi connectivity index (χ1v) is 12.9. The second-order valence-electron chi connectivity index (χ2n) is 9.09. The molecule has 0 aliphatic rings. The van der Waals surface area contributed by atoms with Gasteiger partial charge in [0.2, 0.25) is 0 Å². The standard InChI is InChI=1S/C27H32O6S/c1-18(2)27(19(3)4)20-13-15-21(16-14-20)33-26(28)12-7-17-32-24-10-5-9-23-22(24)8-6-11-25(23)34(29,30)31/h5-6,8-11,13-16,18-19,27H,7,12,17H2,1-4H3,(H,29,30,31). The summed E-state index contributed by atoms with van der Waals surface area (Å²) in [4.78, 5) is 12.1. The average molecular weight is 485 g/mol. The normalized spacial score (nSPS) is 12.0. The number of rotatable bonds is 10. The van der Waals surface area contributed by atoms with Gasteiger partial charge in [0.05, 0.1) is 6.61 Å². The molecule has 0 aromatic heterocycles. The number of carbonyl (C=O) groups excluding carboxylic acids is 1. The largest absolute Gasteiger partial charge is 0.493 e. The highest BCUT2D eigenvalue weighted by atomic mass is 32.2. The summed E-state index contributed by atoms with van der Waals surface area (Å²) in [7, 11) is -4.35. The highest BCUT2D eigenvalue weighted by Crippen LogP contribution is 2.33. The van der Waals surface area contributed by atoms with Crippen LogP contribution in [0.2, 0.25) is 0 Å². The maximum atomic E-state index is 12.3. The van der Waals surface area contributed by atoms with Crippen LogP contribution < -0.4 is 9.47 Å². The van der Waals surface area contributed by atoms with E-state index < -0.39 is 10.1 Å². The van der Waals surface area contributed by atoms with E-state index in [0.717, 1.165) is 0 Å². The highest BCUT2D eigenvalue weighted by Gasteiger charge is 2.20. The van der Waals surface area contributed by atoms with Crippen LogP contribution in [0.1, 0.15) is 52.0 Å². The molecule has 182 valence electrons. The molecule has 0 radical (unpaired) electrons. The SMILES string of the molecule is CC(C)C(c1ccc(OC(=O)CCCOc2cccc3c(S(=O)(=O)O)cccc23)cc1)C(C)C. The first-order chi connectivity index (χ1) is 16.1. The van der Waals surface area contributed by atoms with Gasteiger partial charge in [-0.25, -0.2) is 0 Å². The maximum absolute atomic E-state index is 12.3. The van der Waals surface area contributed by atoms with Crippen molar-refractivity contribution in [1.82, 2.24) is 0 Å². The van der Waals surface area contributed by atoms with E-state index in [-0.39, 0.29) is 23.9 Å². The van der Waals surface area contributed by atoms with Crippen molar-refractivity contribution in [2.24, 2.45) is 11.8 Å². The lowest BCUT2D eigenvalue weighted by atomic mass is 9.80. The van der Waals surface area contributed by atoms with E-state index in [1.165, 1.54) is 11.6 Å². The Balaban J connectivity index is 1.55. The third kappa shape index (κ3) is 6.36. The van der Waals surface area contributed by atoms with Crippen LogP contribution in [0.4, 0.5) is 0 Å². The fraction of sp³-hybridized carbons (Fsp3) is 0.370. The van der Waals surface area contributed by atoms with Crippen LogP contribution >= 0.6 is 0 Å². The predicted molar refractivity (Wildman–Crippen MR) is 133 cm³/mol. The van der Waals surface area contributed by atoms with Crippen molar-refractivity contribution in [3.05, 3.63) is 66.2 Å². The zero-order valence-electron chi connectivity index (χ0n) is 20.0. The molecule has 0 fully saturated rings. The number of benzene rings is 3. The lowest BCUT2D eigenvalue weighted by Gasteiger charge is -2.25. The smallest absolute Gasteiger partial charge is 0.311 e. The Morgan fingerprint density at radius 3 is 2.12 bits per heavy atom. The van der Waals surface area contributed by atoms with Crippen molar-refractivity contribution in [3.8, 4) is 11.5 Å². The molecule has 0 bridgehead atoms. The summed E-state index contributed by atoms with van der Waals surface area (Å²) in [5, 5.41) is 0.948. The van der Waals surface area contributed by atoms with E-state index in [1.807, 2.05) is 24.3 Å². The molecule has 34 heavy (non-hydrogen) atoms. The fourth-order valence-corrected chi connectivity index (χ4v) is 5.19. The molecule has 0 saturated heterocycles. The van der Waals surface area contributed by atoms with E-state index in [0.29, 0.717) is 46.4 Å². The van der Waals surface area contributed by atoms with Gasteiger partial charge in [-0.2, -0.15) is 8.42 Å². The third-order valence-electron chi connectivity index (χ3n) is 5.84. The van der Waals surface area contributed by atoms with Crippen molar-refractivity contribution in [2.75, 3.05) is 6.61 Å². The van der Waals surface area contributed by atoms with E-state index in [4.69, 9.17) is 9.47 Å². The Labute approximate surface area is 201 Å². The Bertz CT molecular complexity index is 1220. The minimum Gasteiger partial charge on any atom is -0.493 e. The van der Waals surface area contributed by atoms with Gasteiger partial charge in [-0.05, 0) is 54.0 Å². The quantitative estimate of drug-likeness (QED) is 0.158. The van der Waals surface area contributed by atoms with E-state index in [1.54, 1.807) is 30.3 Å². The molecule has 0 amide bonds. The minimum atomic E-state index is -4.35. The molecule has 0 spiro atoms. The van der Waals surface area contributed by atoms with Crippen molar-refractivity contribution in [3.63, 3.8) is 0 Å². The molecule has 6 nitrogen and oxygen atoms in total. The lowest BCUT2D eigenvalue weighted by Crippen LogP contribution is -2.13. The van der Waals surface area contributed by atoms with Gasteiger partial charge in [0.15, 0.2) is 0 Å². The molecule has 0 atom stereocenters. The second kappa shape index (κ2) is 11.0. The van der Waals surface area contributed by atoms with E-state index in [2.05, 4.69) is 27.7 Å². The molecule has 1 N–H and O–H groups in total. The van der Waals surface area contributed by atoms with Gasteiger partial charge in [0.25, 0.3) is 10.1 Å². The summed E-state index contributed by atoms with van der Waals surface area (Å²) in [5.74, 6) is 2.16. The van der Waals surface area contributed by atoms with Crippen LogP contribution in [-0.4, -0.2) is 25.5 Å². The van der Waals surface area contributed by atoms with Crippen molar-refractivity contribution < 1.29 is 27.2 Å². The average Bonchev–Trinajstić information content (AvgIpc) is 2.76.